The fourth-order valence-electron chi connectivity index (χ4n) is 1.50. The second-order valence-electron chi connectivity index (χ2n) is 5.41. The summed E-state index contributed by atoms with van der Waals surface area (Å²) >= 11 is 0. The minimum Gasteiger partial charge on any atom is -0.481 e. The van der Waals surface area contributed by atoms with Gasteiger partial charge in [-0.05, 0) is 33.1 Å². The number of hydrogen-bond acceptors (Lipinski definition) is 3. The van der Waals surface area contributed by atoms with Crippen LogP contribution in [0.4, 0.5) is 0 Å². The van der Waals surface area contributed by atoms with E-state index in [1.165, 1.54) is 0 Å². The van der Waals surface area contributed by atoms with E-state index < -0.39 is 23.6 Å². The lowest BCUT2D eigenvalue weighted by molar-refractivity contribution is -0.158. The summed E-state index contributed by atoms with van der Waals surface area (Å²) in [6, 6.07) is 0. The molecule has 0 radical (unpaired) electrons. The zero-order valence-electron chi connectivity index (χ0n) is 10.7. The van der Waals surface area contributed by atoms with E-state index in [0.717, 1.165) is 0 Å². The van der Waals surface area contributed by atoms with E-state index in [1.807, 2.05) is 13.8 Å². The number of carbonyl (C=O) groups excluding carboxylic acids is 1. The van der Waals surface area contributed by atoms with Gasteiger partial charge in [0.1, 0.15) is 12.4 Å². The molecule has 0 aromatic carbocycles. The predicted octanol–water partition coefficient (Wildman–Crippen LogP) is 2.12. The third-order valence-electron chi connectivity index (χ3n) is 2.06. The van der Waals surface area contributed by atoms with Gasteiger partial charge in [0.25, 0.3) is 0 Å². The van der Waals surface area contributed by atoms with Crippen LogP contribution in [0.2, 0.25) is 0 Å². The van der Waals surface area contributed by atoms with Crippen LogP contribution in [0.15, 0.2) is 0 Å². The van der Waals surface area contributed by atoms with Crippen molar-refractivity contribution < 1.29 is 19.4 Å². The largest absolute Gasteiger partial charge is 0.481 e. The number of hydrogen-bond donors (Lipinski definition) is 1. The van der Waals surface area contributed by atoms with Crippen LogP contribution < -0.4 is 0 Å². The molecule has 2 atom stereocenters. The number of rotatable bonds is 6. The minimum absolute atomic E-state index is 0.215. The average Bonchev–Trinajstić information content (AvgIpc) is 2.08. The van der Waals surface area contributed by atoms with Crippen LogP contribution in [0, 0.1) is 11.8 Å². The van der Waals surface area contributed by atoms with Gasteiger partial charge in [-0.2, -0.15) is 0 Å². The highest BCUT2D eigenvalue weighted by molar-refractivity contribution is 5.76. The van der Waals surface area contributed by atoms with E-state index in [-0.39, 0.29) is 5.92 Å². The Bertz CT molecular complexity index is 240. The maximum absolute atomic E-state index is 11.1. The summed E-state index contributed by atoms with van der Waals surface area (Å²) in [5, 5.41) is 9.08. The van der Waals surface area contributed by atoms with Crippen molar-refractivity contribution in [3.63, 3.8) is 0 Å². The van der Waals surface area contributed by atoms with Gasteiger partial charge >= 0.3 is 5.97 Å². The van der Waals surface area contributed by atoms with Crippen LogP contribution >= 0.6 is 0 Å². The van der Waals surface area contributed by atoms with Gasteiger partial charge in [0.05, 0.1) is 11.5 Å². The first-order chi connectivity index (χ1) is 7.17. The molecule has 0 aliphatic rings. The molecule has 16 heavy (non-hydrogen) atoms. The lowest BCUT2D eigenvalue weighted by Gasteiger charge is -2.28. The standard InChI is InChI=1S/C12H22O4/c1-8(2)6-9(11(14)15)10(7-13)16-12(3,4)5/h7-10H,6H2,1-5H3,(H,14,15)/t9-,10?/m1/s1. The molecule has 4 heteroatoms. The number of aldehydes is 1. The quantitative estimate of drug-likeness (QED) is 0.710. The van der Waals surface area contributed by atoms with Crippen LogP contribution in [-0.2, 0) is 14.3 Å². The molecule has 0 aromatic rings. The summed E-state index contributed by atoms with van der Waals surface area (Å²) in [7, 11) is 0. The highest BCUT2D eigenvalue weighted by atomic mass is 16.5. The van der Waals surface area contributed by atoms with Crippen molar-refractivity contribution in [3.8, 4) is 0 Å². The summed E-state index contributed by atoms with van der Waals surface area (Å²) in [5.74, 6) is -1.53. The van der Waals surface area contributed by atoms with Crippen molar-refractivity contribution >= 4 is 12.3 Å². The highest BCUT2D eigenvalue weighted by Gasteiger charge is 2.32. The lowest BCUT2D eigenvalue weighted by atomic mass is 9.92. The summed E-state index contributed by atoms with van der Waals surface area (Å²) in [5.41, 5.74) is -0.518. The molecule has 0 aliphatic carbocycles. The zero-order chi connectivity index (χ0) is 12.9. The Hall–Kier alpha value is -0.900. The van der Waals surface area contributed by atoms with Crippen LogP contribution in [0.5, 0.6) is 0 Å². The molecule has 1 unspecified atom stereocenters. The van der Waals surface area contributed by atoms with Gasteiger partial charge in [0.15, 0.2) is 0 Å². The summed E-state index contributed by atoms with van der Waals surface area (Å²) in [4.78, 5) is 22.0. The molecule has 0 bridgehead atoms. The predicted molar refractivity (Wildman–Crippen MR) is 61.3 cm³/mol. The fraction of sp³-hybridized carbons (Fsp3) is 0.833. The van der Waals surface area contributed by atoms with Crippen LogP contribution in [0.25, 0.3) is 0 Å². The Morgan fingerprint density at radius 2 is 1.88 bits per heavy atom. The fourth-order valence-corrected chi connectivity index (χ4v) is 1.50. The molecule has 0 heterocycles. The van der Waals surface area contributed by atoms with Crippen molar-refractivity contribution in [3.05, 3.63) is 0 Å². The average molecular weight is 230 g/mol. The van der Waals surface area contributed by atoms with Gasteiger partial charge in [0.2, 0.25) is 0 Å². The van der Waals surface area contributed by atoms with E-state index in [9.17, 15) is 9.59 Å². The number of aliphatic carboxylic acids is 1. The molecule has 0 aliphatic heterocycles. The van der Waals surface area contributed by atoms with Crippen LogP contribution in [0.1, 0.15) is 41.0 Å². The maximum Gasteiger partial charge on any atom is 0.309 e. The smallest absolute Gasteiger partial charge is 0.309 e. The van der Waals surface area contributed by atoms with Gasteiger partial charge in [-0.15, -0.1) is 0 Å². The Balaban J connectivity index is 4.72. The first-order valence-electron chi connectivity index (χ1n) is 5.53. The Morgan fingerprint density at radius 3 is 2.12 bits per heavy atom. The molecule has 0 saturated heterocycles. The van der Waals surface area contributed by atoms with Gasteiger partial charge in [0, 0.05) is 0 Å². The number of carboxylic acids is 1. The maximum atomic E-state index is 11.1. The van der Waals surface area contributed by atoms with Crippen molar-refractivity contribution in [2.24, 2.45) is 11.8 Å². The Labute approximate surface area is 97.0 Å². The molecule has 0 fully saturated rings. The van der Waals surface area contributed by atoms with Crippen LogP contribution in [0.3, 0.4) is 0 Å². The zero-order valence-corrected chi connectivity index (χ0v) is 10.7. The van der Waals surface area contributed by atoms with Crippen molar-refractivity contribution in [1.29, 1.82) is 0 Å². The SMILES string of the molecule is CC(C)C[C@@H](C(=O)O)C(C=O)OC(C)(C)C. The first-order valence-corrected chi connectivity index (χ1v) is 5.53. The lowest BCUT2D eigenvalue weighted by Crippen LogP contribution is -2.38. The van der Waals surface area contributed by atoms with E-state index in [4.69, 9.17) is 9.84 Å². The van der Waals surface area contributed by atoms with Gasteiger partial charge in [-0.1, -0.05) is 13.8 Å². The van der Waals surface area contributed by atoms with E-state index >= 15 is 0 Å². The summed E-state index contributed by atoms with van der Waals surface area (Å²) in [6.45, 7) is 9.26. The monoisotopic (exact) mass is 230 g/mol. The molecule has 0 amide bonds. The molecule has 94 valence electrons. The third-order valence-corrected chi connectivity index (χ3v) is 2.06. The third kappa shape index (κ3) is 5.85. The van der Waals surface area contributed by atoms with E-state index in [1.54, 1.807) is 20.8 Å². The molecule has 0 spiro atoms. The number of carboxylic acid groups (broad SMARTS) is 1. The Kier molecular flexibility index (Phi) is 5.65. The van der Waals surface area contributed by atoms with E-state index in [0.29, 0.717) is 12.7 Å². The van der Waals surface area contributed by atoms with Gasteiger partial charge < -0.3 is 14.6 Å². The molecule has 0 saturated carbocycles. The van der Waals surface area contributed by atoms with E-state index in [2.05, 4.69) is 0 Å². The molecular weight excluding hydrogens is 208 g/mol. The van der Waals surface area contributed by atoms with Crippen molar-refractivity contribution in [2.75, 3.05) is 0 Å². The van der Waals surface area contributed by atoms with Gasteiger partial charge in [-0.3, -0.25) is 4.79 Å². The molecule has 4 nitrogen and oxygen atoms in total. The second kappa shape index (κ2) is 5.99. The number of carbonyl (C=O) groups is 2. The summed E-state index contributed by atoms with van der Waals surface area (Å²) in [6.07, 6.45) is 0.154. The highest BCUT2D eigenvalue weighted by Crippen LogP contribution is 2.21. The molecule has 1 N–H and O–H groups in total. The second-order valence-corrected chi connectivity index (χ2v) is 5.41. The summed E-state index contributed by atoms with van der Waals surface area (Å²) < 4.78 is 5.46. The van der Waals surface area contributed by atoms with Crippen LogP contribution in [-0.4, -0.2) is 29.1 Å². The molecule has 0 rings (SSSR count). The Morgan fingerprint density at radius 1 is 1.38 bits per heavy atom. The minimum atomic E-state index is -0.977. The normalized spacial score (nSPS) is 15.9. The molecular formula is C12H22O4. The topological polar surface area (TPSA) is 63.6 Å². The van der Waals surface area contributed by atoms with Crippen molar-refractivity contribution in [1.82, 2.24) is 0 Å². The van der Waals surface area contributed by atoms with Gasteiger partial charge in [-0.25, -0.2) is 0 Å². The first kappa shape index (κ1) is 15.1. The van der Waals surface area contributed by atoms with Crippen molar-refractivity contribution in [2.45, 2.75) is 52.7 Å². The molecule has 0 aromatic heterocycles. The number of ether oxygens (including phenoxy) is 1.